The molecule has 21 heavy (non-hydrogen) atoms. The molecule has 1 atom stereocenters. The first-order valence-corrected chi connectivity index (χ1v) is 9.13. The van der Waals surface area contributed by atoms with E-state index in [2.05, 4.69) is 25.9 Å². The van der Waals surface area contributed by atoms with E-state index in [1.807, 2.05) is 11.6 Å². The Morgan fingerprint density at radius 1 is 0.952 bits per heavy atom. The van der Waals surface area contributed by atoms with Crippen LogP contribution >= 0.6 is 23.2 Å². The van der Waals surface area contributed by atoms with Gasteiger partial charge in [0.1, 0.15) is 10.2 Å². The summed E-state index contributed by atoms with van der Waals surface area (Å²) in [7, 11) is 0. The highest BCUT2D eigenvalue weighted by Crippen LogP contribution is 2.36. The van der Waals surface area contributed by atoms with E-state index in [9.17, 15) is 0 Å². The minimum Gasteiger partial charge on any atom is -0.246 e. The lowest BCUT2D eigenvalue weighted by Gasteiger charge is -2.31. The maximum absolute atomic E-state index is 6.41. The summed E-state index contributed by atoms with van der Waals surface area (Å²) in [6.07, 6.45) is 11.1. The fourth-order valence-corrected chi connectivity index (χ4v) is 3.34. The molecule has 122 valence electrons. The third-order valence-electron chi connectivity index (χ3n) is 4.33. The Bertz CT molecular complexity index is 429. The van der Waals surface area contributed by atoms with E-state index < -0.39 is 0 Å². The molecule has 0 radical (unpaired) electrons. The molecule has 0 aliphatic rings. The molecular weight excluding hydrogens is 303 g/mol. The van der Waals surface area contributed by atoms with Crippen molar-refractivity contribution in [2.45, 2.75) is 91.0 Å². The summed E-state index contributed by atoms with van der Waals surface area (Å²) in [5.41, 5.74) is 0.812. The summed E-state index contributed by atoms with van der Waals surface area (Å²) in [5.74, 6) is 0. The van der Waals surface area contributed by atoms with Crippen molar-refractivity contribution >= 4 is 23.2 Å². The highest BCUT2D eigenvalue weighted by Gasteiger charge is 2.30. The second-order valence-electron chi connectivity index (χ2n) is 6.37. The van der Waals surface area contributed by atoms with Crippen LogP contribution in [0, 0.1) is 6.92 Å². The number of nitrogens with zero attached hydrogens (tertiary/aromatic N) is 2. The molecule has 0 bridgehead atoms. The fourth-order valence-electron chi connectivity index (χ4n) is 2.84. The molecule has 1 unspecified atom stereocenters. The molecule has 0 aliphatic carbocycles. The van der Waals surface area contributed by atoms with Crippen LogP contribution in [0.5, 0.6) is 0 Å². The molecule has 0 N–H and O–H groups in total. The standard InChI is InChI=1S/C17H30Cl2N2/c1-5-7-9-10-11-13-17(4,12-8-6-2)21-16(19)15(18)14(3)20-21/h5-13H2,1-4H3. The minimum atomic E-state index is -0.0167. The minimum absolute atomic E-state index is 0.0167. The van der Waals surface area contributed by atoms with Crippen molar-refractivity contribution in [1.82, 2.24) is 9.78 Å². The lowest BCUT2D eigenvalue weighted by molar-refractivity contribution is 0.228. The van der Waals surface area contributed by atoms with E-state index >= 15 is 0 Å². The van der Waals surface area contributed by atoms with Gasteiger partial charge < -0.3 is 0 Å². The number of aromatic nitrogens is 2. The highest BCUT2D eigenvalue weighted by molar-refractivity contribution is 6.41. The van der Waals surface area contributed by atoms with Crippen LogP contribution in [0.4, 0.5) is 0 Å². The van der Waals surface area contributed by atoms with E-state index in [0.717, 1.165) is 18.5 Å². The predicted molar refractivity (Wildman–Crippen MR) is 93.5 cm³/mol. The van der Waals surface area contributed by atoms with E-state index in [0.29, 0.717) is 10.2 Å². The third kappa shape index (κ3) is 5.17. The molecule has 0 saturated carbocycles. The smallest absolute Gasteiger partial charge is 0.146 e. The van der Waals surface area contributed by atoms with Gasteiger partial charge in [-0.25, -0.2) is 4.68 Å². The molecule has 0 spiro atoms. The summed E-state index contributed by atoms with van der Waals surface area (Å²) in [5, 5.41) is 5.80. The molecule has 0 fully saturated rings. The van der Waals surface area contributed by atoms with Gasteiger partial charge in [-0.2, -0.15) is 5.10 Å². The van der Waals surface area contributed by atoms with Crippen molar-refractivity contribution in [2.75, 3.05) is 0 Å². The largest absolute Gasteiger partial charge is 0.246 e. The van der Waals surface area contributed by atoms with Gasteiger partial charge >= 0.3 is 0 Å². The summed E-state index contributed by atoms with van der Waals surface area (Å²) in [4.78, 5) is 0. The molecule has 0 saturated heterocycles. The van der Waals surface area contributed by atoms with Gasteiger partial charge in [-0.15, -0.1) is 0 Å². The molecule has 4 heteroatoms. The molecule has 1 aromatic rings. The quantitative estimate of drug-likeness (QED) is 0.432. The van der Waals surface area contributed by atoms with Gasteiger partial charge in [-0.3, -0.25) is 0 Å². The highest BCUT2D eigenvalue weighted by atomic mass is 35.5. The van der Waals surface area contributed by atoms with Crippen molar-refractivity contribution in [1.29, 1.82) is 0 Å². The van der Waals surface area contributed by atoms with Crippen molar-refractivity contribution in [3.8, 4) is 0 Å². The van der Waals surface area contributed by atoms with Gasteiger partial charge in [0.25, 0.3) is 0 Å². The van der Waals surface area contributed by atoms with Gasteiger partial charge in [0.05, 0.1) is 11.2 Å². The lowest BCUT2D eigenvalue weighted by Crippen LogP contribution is -2.31. The Balaban J connectivity index is 2.79. The van der Waals surface area contributed by atoms with Crippen molar-refractivity contribution in [2.24, 2.45) is 0 Å². The van der Waals surface area contributed by atoms with Gasteiger partial charge in [0, 0.05) is 0 Å². The van der Waals surface area contributed by atoms with Crippen LogP contribution in [0.1, 0.15) is 84.3 Å². The average molecular weight is 333 g/mol. The normalized spacial score (nSPS) is 14.4. The van der Waals surface area contributed by atoms with Crippen LogP contribution in [0.15, 0.2) is 0 Å². The number of unbranched alkanes of at least 4 members (excludes halogenated alkanes) is 5. The van der Waals surface area contributed by atoms with Crippen molar-refractivity contribution in [3.05, 3.63) is 15.9 Å². The topological polar surface area (TPSA) is 17.8 Å². The molecule has 1 heterocycles. The Kier molecular flexibility index (Phi) is 8.12. The number of rotatable bonds is 10. The maximum atomic E-state index is 6.41. The second-order valence-corrected chi connectivity index (χ2v) is 7.10. The molecule has 0 aromatic carbocycles. The zero-order valence-electron chi connectivity index (χ0n) is 14.0. The summed E-state index contributed by atoms with van der Waals surface area (Å²) < 4.78 is 1.97. The Morgan fingerprint density at radius 2 is 1.52 bits per heavy atom. The maximum Gasteiger partial charge on any atom is 0.146 e. The SMILES string of the molecule is CCCCCCCC(C)(CCCC)n1nc(C)c(Cl)c1Cl. The number of aryl methyl sites for hydroxylation is 1. The average Bonchev–Trinajstić information content (AvgIpc) is 2.73. The molecule has 1 aromatic heterocycles. The van der Waals surface area contributed by atoms with Crippen LogP contribution < -0.4 is 0 Å². The lowest BCUT2D eigenvalue weighted by atomic mass is 9.88. The van der Waals surface area contributed by atoms with Crippen LogP contribution in [-0.2, 0) is 5.54 Å². The molecule has 1 rings (SSSR count). The van der Waals surface area contributed by atoms with E-state index in [1.165, 1.54) is 44.9 Å². The zero-order chi connectivity index (χ0) is 15.9. The fraction of sp³-hybridized carbons (Fsp3) is 0.824. The second kappa shape index (κ2) is 9.05. The van der Waals surface area contributed by atoms with E-state index in [1.54, 1.807) is 0 Å². The monoisotopic (exact) mass is 332 g/mol. The first-order valence-electron chi connectivity index (χ1n) is 8.37. The molecular formula is C17H30Cl2N2. The van der Waals surface area contributed by atoms with Crippen molar-refractivity contribution < 1.29 is 0 Å². The molecule has 0 amide bonds. The first kappa shape index (κ1) is 18.8. The Hall–Kier alpha value is -0.210. The Morgan fingerprint density at radius 3 is 2.05 bits per heavy atom. The number of hydrogen-bond donors (Lipinski definition) is 0. The van der Waals surface area contributed by atoms with Crippen LogP contribution in [0.3, 0.4) is 0 Å². The molecule has 0 aliphatic heterocycles. The van der Waals surface area contributed by atoms with Crippen LogP contribution in [0.2, 0.25) is 10.2 Å². The van der Waals surface area contributed by atoms with Gasteiger partial charge in [0.2, 0.25) is 0 Å². The van der Waals surface area contributed by atoms with Crippen LogP contribution in [-0.4, -0.2) is 9.78 Å². The summed E-state index contributed by atoms with van der Waals surface area (Å²) in [6.45, 7) is 8.67. The number of halogens is 2. The van der Waals surface area contributed by atoms with Gasteiger partial charge in [0.15, 0.2) is 0 Å². The van der Waals surface area contributed by atoms with Gasteiger partial charge in [-0.1, -0.05) is 82.0 Å². The van der Waals surface area contributed by atoms with Crippen molar-refractivity contribution in [3.63, 3.8) is 0 Å². The predicted octanol–water partition coefficient (Wildman–Crippen LogP) is 6.76. The Labute approximate surface area is 140 Å². The van der Waals surface area contributed by atoms with Crippen LogP contribution in [0.25, 0.3) is 0 Å². The van der Waals surface area contributed by atoms with E-state index in [-0.39, 0.29) is 5.54 Å². The number of hydrogen-bond acceptors (Lipinski definition) is 1. The van der Waals surface area contributed by atoms with Gasteiger partial charge in [-0.05, 0) is 26.7 Å². The summed E-state index contributed by atoms with van der Waals surface area (Å²) in [6, 6.07) is 0. The first-order chi connectivity index (χ1) is 9.96. The third-order valence-corrected chi connectivity index (χ3v) is 5.23. The zero-order valence-corrected chi connectivity index (χ0v) is 15.5. The summed E-state index contributed by atoms with van der Waals surface area (Å²) >= 11 is 12.6. The van der Waals surface area contributed by atoms with E-state index in [4.69, 9.17) is 23.2 Å². The molecule has 2 nitrogen and oxygen atoms in total.